The average molecular weight is 297 g/mol. The number of benzene rings is 1. The maximum absolute atomic E-state index is 11.9. The zero-order valence-electron chi connectivity index (χ0n) is 12.2. The largest absolute Gasteiger partial charge is 0.465 e. The fraction of sp³-hybridized carbons (Fsp3) is 0.533. The molecule has 0 atom stereocenters. The molecule has 1 fully saturated rings. The second kappa shape index (κ2) is 5.52. The van der Waals surface area contributed by atoms with E-state index in [-0.39, 0.29) is 0 Å². The van der Waals surface area contributed by atoms with E-state index in [1.54, 1.807) is 12.1 Å². The highest BCUT2D eigenvalue weighted by Crippen LogP contribution is 2.38. The van der Waals surface area contributed by atoms with Gasteiger partial charge in [-0.1, -0.05) is 25.4 Å². The third-order valence-electron chi connectivity index (χ3n) is 3.92. The predicted octanol–water partition coefficient (Wildman–Crippen LogP) is 3.34. The Morgan fingerprint density at radius 3 is 2.50 bits per heavy atom. The van der Waals surface area contributed by atoms with Crippen LogP contribution in [-0.4, -0.2) is 26.2 Å². The number of rotatable bonds is 2. The van der Waals surface area contributed by atoms with Gasteiger partial charge in [0.25, 0.3) is 0 Å². The van der Waals surface area contributed by atoms with Crippen molar-refractivity contribution < 1.29 is 9.53 Å². The SMILES string of the molecule is COC(=O)c1cc(N)cc(Cl)c1N1CCC(C)(C)CC1. The van der Waals surface area contributed by atoms with Gasteiger partial charge in [-0.25, -0.2) is 4.79 Å². The normalized spacial score (nSPS) is 17.9. The molecule has 2 rings (SSSR count). The van der Waals surface area contributed by atoms with E-state index in [1.807, 2.05) is 0 Å². The van der Waals surface area contributed by atoms with E-state index in [9.17, 15) is 4.79 Å². The second-order valence-electron chi connectivity index (χ2n) is 6.04. The third kappa shape index (κ3) is 3.01. The molecule has 0 saturated carbocycles. The number of piperidine rings is 1. The molecule has 0 aliphatic carbocycles. The molecule has 1 saturated heterocycles. The van der Waals surface area contributed by atoms with E-state index < -0.39 is 5.97 Å². The molecule has 0 amide bonds. The monoisotopic (exact) mass is 296 g/mol. The molecule has 1 aromatic carbocycles. The Morgan fingerprint density at radius 2 is 1.95 bits per heavy atom. The van der Waals surface area contributed by atoms with Gasteiger partial charge < -0.3 is 15.4 Å². The van der Waals surface area contributed by atoms with Crippen LogP contribution in [0.15, 0.2) is 12.1 Å². The van der Waals surface area contributed by atoms with E-state index in [4.69, 9.17) is 22.1 Å². The Kier molecular flexibility index (Phi) is 4.14. The van der Waals surface area contributed by atoms with Gasteiger partial charge in [0.1, 0.15) is 0 Å². The highest BCUT2D eigenvalue weighted by atomic mass is 35.5. The number of nitrogen functional groups attached to an aromatic ring is 1. The van der Waals surface area contributed by atoms with Crippen molar-refractivity contribution in [2.24, 2.45) is 5.41 Å². The lowest BCUT2D eigenvalue weighted by atomic mass is 9.82. The number of halogens is 1. The quantitative estimate of drug-likeness (QED) is 0.672. The van der Waals surface area contributed by atoms with Crippen molar-refractivity contribution in [3.05, 3.63) is 22.7 Å². The van der Waals surface area contributed by atoms with Gasteiger partial charge in [-0.15, -0.1) is 0 Å². The first-order valence-corrected chi connectivity index (χ1v) is 7.14. The van der Waals surface area contributed by atoms with Gasteiger partial charge in [0.2, 0.25) is 0 Å². The summed E-state index contributed by atoms with van der Waals surface area (Å²) in [5.41, 5.74) is 7.77. The van der Waals surface area contributed by atoms with Crippen LogP contribution >= 0.6 is 11.6 Å². The topological polar surface area (TPSA) is 55.6 Å². The number of nitrogens with two attached hydrogens (primary N) is 1. The van der Waals surface area contributed by atoms with Crippen molar-refractivity contribution in [1.82, 2.24) is 0 Å². The molecule has 0 radical (unpaired) electrons. The number of hydrogen-bond donors (Lipinski definition) is 1. The van der Waals surface area contributed by atoms with Crippen LogP contribution in [0.25, 0.3) is 0 Å². The molecule has 1 aliphatic heterocycles. The summed E-state index contributed by atoms with van der Waals surface area (Å²) >= 11 is 6.31. The minimum absolute atomic E-state index is 0.336. The Morgan fingerprint density at radius 1 is 1.35 bits per heavy atom. The summed E-state index contributed by atoms with van der Waals surface area (Å²) in [6.45, 7) is 6.27. The van der Waals surface area contributed by atoms with Gasteiger partial charge >= 0.3 is 5.97 Å². The number of carbonyl (C=O) groups excluding carboxylic acids is 1. The maximum atomic E-state index is 11.9. The predicted molar refractivity (Wildman–Crippen MR) is 82.4 cm³/mol. The minimum Gasteiger partial charge on any atom is -0.465 e. The van der Waals surface area contributed by atoms with Crippen molar-refractivity contribution in [3.8, 4) is 0 Å². The number of hydrogen-bond acceptors (Lipinski definition) is 4. The molecular formula is C15H21ClN2O2. The van der Waals surface area contributed by atoms with Gasteiger partial charge in [0, 0.05) is 18.8 Å². The van der Waals surface area contributed by atoms with Crippen LogP contribution in [0.3, 0.4) is 0 Å². The third-order valence-corrected chi connectivity index (χ3v) is 4.21. The van der Waals surface area contributed by atoms with Crippen LogP contribution in [0.4, 0.5) is 11.4 Å². The van der Waals surface area contributed by atoms with Gasteiger partial charge in [-0.2, -0.15) is 0 Å². The molecule has 20 heavy (non-hydrogen) atoms. The molecule has 0 bridgehead atoms. The maximum Gasteiger partial charge on any atom is 0.340 e. The standard InChI is InChI=1S/C15H21ClN2O2/c1-15(2)4-6-18(7-5-15)13-11(14(19)20-3)8-10(17)9-12(13)16/h8-9H,4-7,17H2,1-3H3. The first-order chi connectivity index (χ1) is 9.34. The number of carbonyl (C=O) groups is 1. The lowest BCUT2D eigenvalue weighted by Gasteiger charge is -2.39. The van der Waals surface area contributed by atoms with E-state index in [1.165, 1.54) is 7.11 Å². The Hall–Kier alpha value is -1.42. The van der Waals surface area contributed by atoms with Crippen molar-refractivity contribution in [2.75, 3.05) is 30.8 Å². The van der Waals surface area contributed by atoms with E-state index >= 15 is 0 Å². The van der Waals surface area contributed by atoms with Crippen molar-refractivity contribution in [2.45, 2.75) is 26.7 Å². The number of methoxy groups -OCH3 is 1. The number of ether oxygens (including phenoxy) is 1. The van der Waals surface area contributed by atoms with Crippen LogP contribution in [-0.2, 0) is 4.74 Å². The molecule has 5 heteroatoms. The highest BCUT2D eigenvalue weighted by Gasteiger charge is 2.29. The molecule has 1 aromatic rings. The van der Waals surface area contributed by atoms with Gasteiger partial charge in [-0.05, 0) is 30.4 Å². The number of esters is 1. The van der Waals surface area contributed by atoms with Crippen LogP contribution in [0.5, 0.6) is 0 Å². The molecule has 0 spiro atoms. The summed E-state index contributed by atoms with van der Waals surface area (Å²) < 4.78 is 4.84. The summed E-state index contributed by atoms with van der Waals surface area (Å²) in [6.07, 6.45) is 2.13. The fourth-order valence-corrected chi connectivity index (χ4v) is 2.89. The summed E-state index contributed by atoms with van der Waals surface area (Å²) in [4.78, 5) is 14.1. The van der Waals surface area contributed by atoms with Crippen molar-refractivity contribution >= 4 is 28.9 Å². The first-order valence-electron chi connectivity index (χ1n) is 6.76. The van der Waals surface area contributed by atoms with Gasteiger partial charge in [0.15, 0.2) is 0 Å². The summed E-state index contributed by atoms with van der Waals surface area (Å²) in [5.74, 6) is -0.404. The Labute approximate surface area is 124 Å². The zero-order chi connectivity index (χ0) is 14.9. The molecule has 0 unspecified atom stereocenters. The zero-order valence-corrected chi connectivity index (χ0v) is 13.0. The van der Waals surface area contributed by atoms with E-state index in [0.29, 0.717) is 21.7 Å². The van der Waals surface area contributed by atoms with Crippen LogP contribution in [0.1, 0.15) is 37.0 Å². The molecule has 1 heterocycles. The fourth-order valence-electron chi connectivity index (χ4n) is 2.54. The molecule has 4 nitrogen and oxygen atoms in total. The number of anilines is 2. The molecule has 1 aliphatic rings. The summed E-state index contributed by atoms with van der Waals surface area (Å²) in [6, 6.07) is 3.32. The van der Waals surface area contributed by atoms with Crippen LogP contribution in [0.2, 0.25) is 5.02 Å². The first kappa shape index (κ1) is 15.0. The minimum atomic E-state index is -0.404. The summed E-state index contributed by atoms with van der Waals surface area (Å²) in [5, 5.41) is 0.505. The van der Waals surface area contributed by atoms with Crippen LogP contribution < -0.4 is 10.6 Å². The van der Waals surface area contributed by atoms with Crippen LogP contribution in [0, 0.1) is 5.41 Å². The molecule has 2 N–H and O–H groups in total. The average Bonchev–Trinajstić information content (AvgIpc) is 2.38. The summed E-state index contributed by atoms with van der Waals surface area (Å²) in [7, 11) is 1.36. The van der Waals surface area contributed by atoms with Crippen molar-refractivity contribution in [3.63, 3.8) is 0 Å². The van der Waals surface area contributed by atoms with Gasteiger partial charge in [-0.3, -0.25) is 0 Å². The Bertz CT molecular complexity index is 519. The lowest BCUT2D eigenvalue weighted by molar-refractivity contribution is 0.0601. The molecule has 0 aromatic heterocycles. The highest BCUT2D eigenvalue weighted by molar-refractivity contribution is 6.34. The van der Waals surface area contributed by atoms with Gasteiger partial charge in [0.05, 0.1) is 23.4 Å². The lowest BCUT2D eigenvalue weighted by Crippen LogP contribution is -2.38. The Balaban J connectivity index is 2.38. The molecule has 110 valence electrons. The smallest absolute Gasteiger partial charge is 0.340 e. The molecular weight excluding hydrogens is 276 g/mol. The second-order valence-corrected chi connectivity index (χ2v) is 6.45. The van der Waals surface area contributed by atoms with E-state index in [2.05, 4.69) is 18.7 Å². The van der Waals surface area contributed by atoms with Crippen molar-refractivity contribution in [1.29, 1.82) is 0 Å². The number of nitrogens with zero attached hydrogens (tertiary/aromatic N) is 1. The van der Waals surface area contributed by atoms with E-state index in [0.717, 1.165) is 31.6 Å².